The maximum Gasteiger partial charge on any atom is 0.164 e. The maximum absolute atomic E-state index is 6.74. The van der Waals surface area contributed by atoms with Crippen LogP contribution in [0.3, 0.4) is 0 Å². The van der Waals surface area contributed by atoms with E-state index >= 15 is 0 Å². The summed E-state index contributed by atoms with van der Waals surface area (Å²) in [5.41, 5.74) is 26.9. The molecule has 0 amide bonds. The van der Waals surface area contributed by atoms with E-state index in [4.69, 9.17) is 58.1 Å². The van der Waals surface area contributed by atoms with Gasteiger partial charge in [-0.25, -0.2) is 44.9 Å². The molecule has 0 saturated carbocycles. The summed E-state index contributed by atoms with van der Waals surface area (Å²) in [4.78, 5) is 44.6. The predicted molar refractivity (Wildman–Crippen MR) is 622 cm³/mol. The lowest BCUT2D eigenvalue weighted by Gasteiger charge is -2.10. The van der Waals surface area contributed by atoms with Gasteiger partial charge >= 0.3 is 0 Å². The molecule has 0 unspecified atom stereocenters. The second-order valence-electron chi connectivity index (χ2n) is 37.3. The van der Waals surface area contributed by atoms with Gasteiger partial charge in [0, 0.05) is 160 Å². The molecule has 12 nitrogen and oxygen atoms in total. The fourth-order valence-corrected chi connectivity index (χ4v) is 24.0. The van der Waals surface area contributed by atoms with Crippen molar-refractivity contribution in [3.8, 4) is 169 Å². The van der Waals surface area contributed by atoms with Crippen molar-refractivity contribution in [1.82, 2.24) is 44.9 Å². The third kappa shape index (κ3) is 16.6. The molecule has 30 rings (SSSR count). The van der Waals surface area contributed by atoms with Crippen LogP contribution in [-0.2, 0) is 0 Å². The van der Waals surface area contributed by atoms with Gasteiger partial charge < -0.3 is 13.3 Å². The van der Waals surface area contributed by atoms with E-state index in [9.17, 15) is 0 Å². The molecule has 0 aliphatic rings. The Balaban J connectivity index is 0.000000109. The first kappa shape index (κ1) is 88.4. The smallest absolute Gasteiger partial charge is 0.164 e. The molecular formula is C135H81N9O3S3. The van der Waals surface area contributed by atoms with Crippen LogP contribution in [0.25, 0.3) is 296 Å². The number of aromatic nitrogens is 9. The van der Waals surface area contributed by atoms with Crippen molar-refractivity contribution in [3.05, 3.63) is 491 Å². The predicted octanol–water partition coefficient (Wildman–Crippen LogP) is 37.4. The molecule has 0 spiro atoms. The minimum absolute atomic E-state index is 0.585. The Labute approximate surface area is 872 Å². The van der Waals surface area contributed by atoms with Crippen LogP contribution in [0.4, 0.5) is 0 Å². The number of rotatable bonds is 15. The van der Waals surface area contributed by atoms with Gasteiger partial charge in [-0.1, -0.05) is 413 Å². The van der Waals surface area contributed by atoms with Crippen LogP contribution in [-0.4, -0.2) is 44.9 Å². The molecule has 30 aromatic rings. The Hall–Kier alpha value is -19.3. The van der Waals surface area contributed by atoms with Crippen molar-refractivity contribution < 1.29 is 13.3 Å². The number of thiophene rings is 3. The van der Waals surface area contributed by atoms with Gasteiger partial charge in [0.25, 0.3) is 0 Å². The van der Waals surface area contributed by atoms with Gasteiger partial charge in [-0.05, 0) is 129 Å². The van der Waals surface area contributed by atoms with E-state index in [0.29, 0.717) is 52.4 Å². The molecule has 9 aromatic heterocycles. The van der Waals surface area contributed by atoms with Gasteiger partial charge in [-0.15, -0.1) is 34.0 Å². The Morgan fingerprint density at radius 1 is 0.120 bits per heavy atom. The molecule has 0 bridgehead atoms. The maximum atomic E-state index is 6.74. The molecule has 15 heteroatoms. The molecule has 21 aromatic carbocycles. The molecule has 0 fully saturated rings. The molecule has 0 N–H and O–H groups in total. The highest BCUT2D eigenvalue weighted by molar-refractivity contribution is 7.26. The zero-order valence-electron chi connectivity index (χ0n) is 80.2. The Kier molecular flexibility index (Phi) is 22.2. The number of para-hydroxylation sites is 3. The number of hydrogen-bond acceptors (Lipinski definition) is 15. The molecular weight excluding hydrogens is 1890 g/mol. The van der Waals surface area contributed by atoms with Crippen molar-refractivity contribution >= 4 is 160 Å². The van der Waals surface area contributed by atoms with Crippen molar-refractivity contribution in [2.75, 3.05) is 0 Å². The minimum atomic E-state index is 0.585. The van der Waals surface area contributed by atoms with Crippen LogP contribution in [0.2, 0.25) is 0 Å². The van der Waals surface area contributed by atoms with Gasteiger partial charge in [0.1, 0.15) is 33.5 Å². The molecule has 0 aliphatic heterocycles. The fourth-order valence-electron chi connectivity index (χ4n) is 20.6. The molecule has 0 aliphatic carbocycles. The van der Waals surface area contributed by atoms with Crippen LogP contribution in [0.5, 0.6) is 0 Å². The summed E-state index contributed by atoms with van der Waals surface area (Å²) in [5, 5.41) is 14.2. The van der Waals surface area contributed by atoms with Crippen LogP contribution >= 0.6 is 34.0 Å². The zero-order chi connectivity index (χ0) is 99.1. The summed E-state index contributed by atoms with van der Waals surface area (Å²) in [6.45, 7) is 0. The highest BCUT2D eigenvalue weighted by atomic mass is 32.1. The monoisotopic (exact) mass is 1970 g/mol. The third-order valence-electron chi connectivity index (χ3n) is 28.1. The first-order valence-corrected chi connectivity index (χ1v) is 52.2. The Bertz CT molecular complexity index is 10200. The van der Waals surface area contributed by atoms with Crippen molar-refractivity contribution in [2.45, 2.75) is 0 Å². The van der Waals surface area contributed by atoms with Crippen molar-refractivity contribution in [2.24, 2.45) is 0 Å². The van der Waals surface area contributed by atoms with E-state index in [1.807, 2.05) is 174 Å². The third-order valence-corrected chi connectivity index (χ3v) is 31.5. The van der Waals surface area contributed by atoms with E-state index in [1.165, 1.54) is 71.6 Å². The lowest BCUT2D eigenvalue weighted by Crippen LogP contribution is -2.00. The molecule has 150 heavy (non-hydrogen) atoms. The van der Waals surface area contributed by atoms with Crippen LogP contribution in [0, 0.1) is 0 Å². The van der Waals surface area contributed by atoms with Gasteiger partial charge in [0.05, 0.1) is 0 Å². The average Bonchev–Trinajstić information content (AvgIpc) is 1.60. The number of benzene rings is 21. The van der Waals surface area contributed by atoms with Gasteiger partial charge in [0.15, 0.2) is 52.4 Å². The second-order valence-corrected chi connectivity index (χ2v) is 40.5. The summed E-state index contributed by atoms with van der Waals surface area (Å²) in [5.74, 6) is 5.56. The highest BCUT2D eigenvalue weighted by Gasteiger charge is 2.25. The van der Waals surface area contributed by atoms with Crippen LogP contribution in [0.15, 0.2) is 505 Å². The largest absolute Gasteiger partial charge is 0.455 e. The Morgan fingerprint density at radius 2 is 0.327 bits per heavy atom. The molecule has 0 atom stereocenters. The lowest BCUT2D eigenvalue weighted by molar-refractivity contribution is 0.669. The lowest BCUT2D eigenvalue weighted by atomic mass is 9.99. The van der Waals surface area contributed by atoms with Crippen LogP contribution in [0.1, 0.15) is 0 Å². The van der Waals surface area contributed by atoms with E-state index in [2.05, 4.69) is 352 Å². The highest BCUT2D eigenvalue weighted by Crippen LogP contribution is 2.48. The summed E-state index contributed by atoms with van der Waals surface area (Å²) < 4.78 is 27.8. The molecule has 0 saturated heterocycles. The summed E-state index contributed by atoms with van der Waals surface area (Å²) in [6.07, 6.45) is 0. The Morgan fingerprint density at radius 3 is 0.640 bits per heavy atom. The van der Waals surface area contributed by atoms with Crippen LogP contribution < -0.4 is 0 Å². The van der Waals surface area contributed by atoms with E-state index in [-0.39, 0.29) is 0 Å². The molecule has 0 radical (unpaired) electrons. The average molecular weight is 1970 g/mol. The molecule has 9 heterocycles. The number of furan rings is 3. The first-order valence-electron chi connectivity index (χ1n) is 49.8. The van der Waals surface area contributed by atoms with E-state index in [0.717, 1.165) is 172 Å². The van der Waals surface area contributed by atoms with E-state index in [1.54, 1.807) is 0 Å². The quantitative estimate of drug-likeness (QED) is 0.0959. The second kappa shape index (κ2) is 37.7. The summed E-state index contributed by atoms with van der Waals surface area (Å²) >= 11 is 5.49. The number of fused-ring (bicyclic) bond motifs is 18. The minimum Gasteiger partial charge on any atom is -0.455 e. The topological polar surface area (TPSA) is 155 Å². The van der Waals surface area contributed by atoms with Gasteiger partial charge in [-0.2, -0.15) is 0 Å². The fraction of sp³-hybridized carbons (Fsp3) is 0. The van der Waals surface area contributed by atoms with E-state index < -0.39 is 0 Å². The molecule has 702 valence electrons. The zero-order valence-corrected chi connectivity index (χ0v) is 82.7. The SMILES string of the molecule is c1ccc(-c2ccc(-c3nc(-c4ccc(-c5ccccc5)cc4)nc(-c4ccc5c(c4)oc4c(-c6ccc7c(c6)sc6ccccc67)cccc45)n3)cc2)cc1.c1ccc(-c2ccc3sc4cc(-c5cccc6c5oc5cc(-c7nc(-c8ccccc8)nc(-c8ccccc8)n7)ccc56)ccc4c3c2)cc1.c1ccc(-c2nc(-c3ccccc3)nc(-c3ccc4c(c3)oc3c(-c5ccc6c(c5)sc5ccccc56)cccc34)n2)cc1. The number of hydrogen-bond donors (Lipinski definition) is 0. The summed E-state index contributed by atoms with van der Waals surface area (Å²) in [7, 11) is 0. The summed E-state index contributed by atoms with van der Waals surface area (Å²) in [6, 6.07) is 171. The van der Waals surface area contributed by atoms with Crippen molar-refractivity contribution in [3.63, 3.8) is 0 Å². The van der Waals surface area contributed by atoms with Gasteiger partial charge in [0.2, 0.25) is 0 Å². The van der Waals surface area contributed by atoms with Crippen molar-refractivity contribution in [1.29, 1.82) is 0 Å². The first-order chi connectivity index (χ1) is 74.2. The number of nitrogens with zero attached hydrogens (tertiary/aromatic N) is 9. The standard InChI is InChI=1S/C51H31N3OS.C45H27N3OS.C39H23N3OS/c1-3-10-32(11-4-1)34-18-22-36(23-19-34)49-52-50(37-24-20-35(21-25-37)33-12-5-2-6-13-33)54-51(53-49)39-27-28-41-44-16-9-15-40(48(44)55-45(41)30-39)38-26-29-43-42-14-7-8-17-46(42)56-47(43)31-38;1-4-11-28(12-5-1)31-21-24-40-38(25-31)36-23-19-32(27-41(36)50-40)34-17-10-18-37-35-22-20-33(26-39(35)49-42(34)37)45-47-43(29-13-6-2-7-14-29)46-44(48-45)30-15-8-3-9-16-30;1-3-10-24(11-4-1)37-40-38(25-12-5-2-6-13-25)42-39(41-37)27-19-20-29-32-16-9-15-28(36(32)43-33(29)22-27)26-18-21-31-30-14-7-8-17-34(30)44-35(31)23-26/h1-31H;1-27H;1-23H. The normalized spacial score (nSPS) is 11.6. The van der Waals surface area contributed by atoms with Gasteiger partial charge in [-0.3, -0.25) is 0 Å².